The first-order chi connectivity index (χ1) is 12.5. The molecule has 0 saturated carbocycles. The van der Waals surface area contributed by atoms with Gasteiger partial charge in [-0.2, -0.15) is 5.10 Å². The van der Waals surface area contributed by atoms with Crippen LogP contribution < -0.4 is 5.43 Å². The molecule has 4 aromatic rings. The summed E-state index contributed by atoms with van der Waals surface area (Å²) in [7, 11) is 2.00. The molecule has 0 spiro atoms. The van der Waals surface area contributed by atoms with Crippen LogP contribution in [0.3, 0.4) is 0 Å². The fraction of sp³-hybridized carbons (Fsp3) is 0.143. The molecule has 0 atom stereocenters. The maximum Gasteiger partial charge on any atom is 0.307 e. The lowest BCUT2D eigenvalue weighted by Crippen LogP contribution is -2.16. The van der Waals surface area contributed by atoms with E-state index >= 15 is 0 Å². The highest BCUT2D eigenvalue weighted by atomic mass is 16.3. The summed E-state index contributed by atoms with van der Waals surface area (Å²) in [5, 5.41) is 7.16. The molecule has 1 amide bonds. The highest BCUT2D eigenvalue weighted by molar-refractivity contribution is 6.08. The van der Waals surface area contributed by atoms with Gasteiger partial charge < -0.3 is 8.98 Å². The first kappa shape index (κ1) is 16.1. The molecular formula is C21H19N3O2. The lowest BCUT2D eigenvalue weighted by molar-refractivity contribution is 0.0929. The molecule has 0 aliphatic heterocycles. The summed E-state index contributed by atoms with van der Waals surface area (Å²) in [6.07, 6.45) is 1.65. The Kier molecular flexibility index (Phi) is 3.84. The highest BCUT2D eigenvalue weighted by Crippen LogP contribution is 2.28. The minimum Gasteiger partial charge on any atom is -0.451 e. The molecule has 0 bridgehead atoms. The largest absolute Gasteiger partial charge is 0.451 e. The van der Waals surface area contributed by atoms with Crippen molar-refractivity contribution in [2.75, 3.05) is 0 Å². The third-order valence-corrected chi connectivity index (χ3v) is 4.83. The molecule has 5 heteroatoms. The predicted octanol–water partition coefficient (Wildman–Crippen LogP) is 4.31. The summed E-state index contributed by atoms with van der Waals surface area (Å²) in [6.45, 7) is 4.04. The fourth-order valence-corrected chi connectivity index (χ4v) is 3.14. The van der Waals surface area contributed by atoms with Crippen LogP contribution in [0.25, 0.3) is 21.7 Å². The van der Waals surface area contributed by atoms with Gasteiger partial charge in [0.15, 0.2) is 5.76 Å². The van der Waals surface area contributed by atoms with E-state index in [1.54, 1.807) is 12.3 Å². The van der Waals surface area contributed by atoms with Gasteiger partial charge in [0, 0.05) is 29.4 Å². The molecule has 0 aliphatic carbocycles. The van der Waals surface area contributed by atoms with Gasteiger partial charge in [0.05, 0.1) is 6.21 Å². The van der Waals surface area contributed by atoms with Gasteiger partial charge in [-0.15, -0.1) is 0 Å². The van der Waals surface area contributed by atoms with Crippen LogP contribution in [0.1, 0.15) is 27.5 Å². The van der Waals surface area contributed by atoms with E-state index < -0.39 is 0 Å². The Morgan fingerprint density at radius 2 is 1.92 bits per heavy atom. The Bertz CT molecular complexity index is 1160. The molecule has 1 N–H and O–H groups in total. The molecule has 0 aliphatic rings. The summed E-state index contributed by atoms with van der Waals surface area (Å²) in [4.78, 5) is 12.4. The summed E-state index contributed by atoms with van der Waals surface area (Å²) in [6, 6.07) is 15.7. The number of aryl methyl sites for hydroxylation is 1. The smallest absolute Gasteiger partial charge is 0.307 e. The first-order valence-corrected chi connectivity index (χ1v) is 8.42. The van der Waals surface area contributed by atoms with Gasteiger partial charge in [-0.3, -0.25) is 4.79 Å². The molecule has 2 aromatic heterocycles. The average Bonchev–Trinajstić information content (AvgIpc) is 3.19. The summed E-state index contributed by atoms with van der Waals surface area (Å²) in [5.74, 6) is -0.124. The summed E-state index contributed by atoms with van der Waals surface area (Å²) < 4.78 is 7.77. The van der Waals surface area contributed by atoms with Crippen molar-refractivity contribution in [1.29, 1.82) is 0 Å². The Balaban J connectivity index is 1.59. The van der Waals surface area contributed by atoms with Crippen molar-refractivity contribution < 1.29 is 9.21 Å². The number of nitrogens with one attached hydrogen (secondary N) is 1. The highest BCUT2D eigenvalue weighted by Gasteiger charge is 2.13. The quantitative estimate of drug-likeness (QED) is 0.444. The van der Waals surface area contributed by atoms with Gasteiger partial charge in [-0.25, -0.2) is 5.43 Å². The number of hydrogen-bond donors (Lipinski definition) is 1. The lowest BCUT2D eigenvalue weighted by atomic mass is 10.1. The Morgan fingerprint density at radius 1 is 1.12 bits per heavy atom. The third-order valence-electron chi connectivity index (χ3n) is 4.83. The molecule has 26 heavy (non-hydrogen) atoms. The third kappa shape index (κ3) is 2.67. The van der Waals surface area contributed by atoms with Gasteiger partial charge in [-0.05, 0) is 42.8 Å². The van der Waals surface area contributed by atoms with Crippen LogP contribution in [0.5, 0.6) is 0 Å². The second-order valence-electron chi connectivity index (χ2n) is 6.39. The van der Waals surface area contributed by atoms with Crippen molar-refractivity contribution in [1.82, 2.24) is 9.99 Å². The number of amides is 1. The van der Waals surface area contributed by atoms with Crippen molar-refractivity contribution in [2.24, 2.45) is 12.1 Å². The fourth-order valence-electron chi connectivity index (χ4n) is 3.14. The number of carbonyl (C=O) groups is 1. The van der Waals surface area contributed by atoms with Crippen LogP contribution in [-0.4, -0.2) is 16.7 Å². The second kappa shape index (κ2) is 6.19. The van der Waals surface area contributed by atoms with Crippen molar-refractivity contribution in [2.45, 2.75) is 13.8 Å². The van der Waals surface area contributed by atoms with E-state index in [0.29, 0.717) is 5.58 Å². The minimum absolute atomic E-state index is 0.245. The van der Waals surface area contributed by atoms with Crippen LogP contribution in [0.15, 0.2) is 58.0 Å². The van der Waals surface area contributed by atoms with E-state index in [0.717, 1.165) is 33.1 Å². The molecular weight excluding hydrogens is 326 g/mol. The van der Waals surface area contributed by atoms with E-state index in [1.165, 1.54) is 0 Å². The second-order valence-corrected chi connectivity index (χ2v) is 6.39. The number of benzene rings is 2. The van der Waals surface area contributed by atoms with Crippen LogP contribution >= 0.6 is 0 Å². The van der Waals surface area contributed by atoms with Crippen molar-refractivity contribution >= 4 is 33.9 Å². The van der Waals surface area contributed by atoms with Crippen LogP contribution in [-0.2, 0) is 7.05 Å². The van der Waals surface area contributed by atoms with Gasteiger partial charge in [0.1, 0.15) is 5.58 Å². The number of hydrazone groups is 1. The summed E-state index contributed by atoms with van der Waals surface area (Å²) >= 11 is 0. The van der Waals surface area contributed by atoms with Gasteiger partial charge in [-0.1, -0.05) is 30.3 Å². The number of aromatic nitrogens is 1. The predicted molar refractivity (Wildman–Crippen MR) is 104 cm³/mol. The molecule has 4 rings (SSSR count). The van der Waals surface area contributed by atoms with E-state index in [2.05, 4.69) is 15.1 Å². The van der Waals surface area contributed by atoms with Crippen molar-refractivity contribution in [3.05, 3.63) is 71.2 Å². The van der Waals surface area contributed by atoms with Gasteiger partial charge >= 0.3 is 5.91 Å². The molecule has 2 heterocycles. The zero-order chi connectivity index (χ0) is 18.3. The molecule has 0 unspecified atom stereocenters. The van der Waals surface area contributed by atoms with E-state index in [1.807, 2.05) is 63.4 Å². The summed E-state index contributed by atoms with van der Waals surface area (Å²) in [5.41, 5.74) is 6.43. The standard InChI is InChI=1S/C21H19N3O2/c1-13-10-16(14(2)24(13)3)12-22-23-21(25)20-11-18-17-7-5-4-6-15(17)8-9-19(18)26-20/h4-12H,1-3H3,(H,23,25). The number of fused-ring (bicyclic) bond motifs is 3. The first-order valence-electron chi connectivity index (χ1n) is 8.42. The molecule has 130 valence electrons. The van der Waals surface area contributed by atoms with Crippen molar-refractivity contribution in [3.8, 4) is 0 Å². The molecule has 0 radical (unpaired) electrons. The Hall–Kier alpha value is -3.34. The topological polar surface area (TPSA) is 59.5 Å². The maximum absolute atomic E-state index is 12.4. The van der Waals surface area contributed by atoms with E-state index in [9.17, 15) is 4.79 Å². The van der Waals surface area contributed by atoms with Crippen LogP contribution in [0.4, 0.5) is 0 Å². The number of carbonyl (C=O) groups excluding carboxylic acids is 1. The normalized spacial score (nSPS) is 11.7. The monoisotopic (exact) mass is 345 g/mol. The number of rotatable bonds is 3. The molecule has 0 fully saturated rings. The number of furan rings is 1. The molecule has 5 nitrogen and oxygen atoms in total. The maximum atomic E-state index is 12.4. The van der Waals surface area contributed by atoms with E-state index in [4.69, 9.17) is 4.42 Å². The van der Waals surface area contributed by atoms with Crippen LogP contribution in [0, 0.1) is 13.8 Å². The average molecular weight is 345 g/mol. The SMILES string of the molecule is Cc1cc(C=NNC(=O)c2cc3c(ccc4ccccc43)o2)c(C)n1C. The zero-order valence-electron chi connectivity index (χ0n) is 14.9. The van der Waals surface area contributed by atoms with E-state index in [-0.39, 0.29) is 11.7 Å². The minimum atomic E-state index is -0.369. The van der Waals surface area contributed by atoms with Crippen molar-refractivity contribution in [3.63, 3.8) is 0 Å². The van der Waals surface area contributed by atoms with Gasteiger partial charge in [0.25, 0.3) is 0 Å². The Morgan fingerprint density at radius 3 is 2.69 bits per heavy atom. The molecule has 0 saturated heterocycles. The Labute approximate surface area is 150 Å². The lowest BCUT2D eigenvalue weighted by Gasteiger charge is -1.99. The number of nitrogens with zero attached hydrogens (tertiary/aromatic N) is 2. The van der Waals surface area contributed by atoms with Crippen LogP contribution in [0.2, 0.25) is 0 Å². The number of hydrogen-bond acceptors (Lipinski definition) is 3. The zero-order valence-corrected chi connectivity index (χ0v) is 14.9. The molecule has 2 aromatic carbocycles. The van der Waals surface area contributed by atoms with Gasteiger partial charge in [0.2, 0.25) is 0 Å².